The molecule has 2 aromatic carbocycles. The van der Waals surface area contributed by atoms with Crippen molar-refractivity contribution in [3.8, 4) is 0 Å². The minimum Gasteiger partial charge on any atom is -0.367 e. The Kier molecular flexibility index (Phi) is 3.39. The van der Waals surface area contributed by atoms with Crippen molar-refractivity contribution in [2.45, 2.75) is 6.10 Å². The number of carbonyl (C=O) groups excluding carboxylic acids is 1. The second-order valence-corrected chi connectivity index (χ2v) is 5.85. The summed E-state index contributed by atoms with van der Waals surface area (Å²) in [5.74, 6) is 0.0143. The van der Waals surface area contributed by atoms with Crippen molar-refractivity contribution in [2.24, 2.45) is 0 Å². The lowest BCUT2D eigenvalue weighted by Crippen LogP contribution is -2.34. The van der Waals surface area contributed by atoms with Crippen LogP contribution in [0.5, 0.6) is 0 Å². The van der Waals surface area contributed by atoms with Crippen LogP contribution < -0.4 is 0 Å². The number of carbonyl (C=O) groups is 1. The van der Waals surface area contributed by atoms with Gasteiger partial charge in [0.05, 0.1) is 6.61 Å². The topological polar surface area (TPSA) is 45.3 Å². The third kappa shape index (κ3) is 2.32. The van der Waals surface area contributed by atoms with Crippen molar-refractivity contribution in [1.82, 2.24) is 9.88 Å². The Labute approximate surface area is 134 Å². The predicted octanol–water partition coefficient (Wildman–Crippen LogP) is 3.36. The lowest BCUT2D eigenvalue weighted by atomic mass is 9.97. The first kappa shape index (κ1) is 14.0. The normalized spacial score (nSPS) is 18.6. The first-order valence-electron chi connectivity index (χ1n) is 7.78. The van der Waals surface area contributed by atoms with Gasteiger partial charge >= 0.3 is 0 Å². The van der Waals surface area contributed by atoms with Gasteiger partial charge in [-0.25, -0.2) is 0 Å². The van der Waals surface area contributed by atoms with E-state index in [2.05, 4.69) is 4.98 Å². The summed E-state index contributed by atoms with van der Waals surface area (Å²) in [6, 6.07) is 18.1. The third-order valence-electron chi connectivity index (χ3n) is 4.38. The molecule has 0 saturated carbocycles. The molecule has 1 aliphatic heterocycles. The molecule has 4 rings (SSSR count). The van der Waals surface area contributed by atoms with Gasteiger partial charge in [0.15, 0.2) is 0 Å². The molecule has 0 spiro atoms. The van der Waals surface area contributed by atoms with E-state index in [9.17, 15) is 4.79 Å². The number of nitrogens with one attached hydrogen (secondary N) is 1. The SMILES string of the molecule is CN1CCOC(c2ccccc2)c2c([nH]c3ccccc23)C1=O. The summed E-state index contributed by atoms with van der Waals surface area (Å²) in [7, 11) is 1.81. The molecule has 2 heterocycles. The molecule has 1 unspecified atom stereocenters. The van der Waals surface area contributed by atoms with Crippen LogP contribution in [0, 0.1) is 0 Å². The molecular formula is C19H18N2O2. The average molecular weight is 306 g/mol. The zero-order valence-electron chi connectivity index (χ0n) is 13.0. The second kappa shape index (κ2) is 5.56. The maximum absolute atomic E-state index is 12.8. The zero-order chi connectivity index (χ0) is 15.8. The van der Waals surface area contributed by atoms with E-state index in [1.807, 2.05) is 61.6 Å². The number of amides is 1. The Bertz CT molecular complexity index is 854. The van der Waals surface area contributed by atoms with E-state index in [1.54, 1.807) is 4.90 Å². The van der Waals surface area contributed by atoms with Crippen LogP contribution in [0.2, 0.25) is 0 Å². The van der Waals surface area contributed by atoms with Crippen molar-refractivity contribution in [3.63, 3.8) is 0 Å². The average Bonchev–Trinajstić information content (AvgIpc) is 2.96. The monoisotopic (exact) mass is 306 g/mol. The van der Waals surface area contributed by atoms with Crippen molar-refractivity contribution >= 4 is 16.8 Å². The Morgan fingerprint density at radius 1 is 1.09 bits per heavy atom. The van der Waals surface area contributed by atoms with Gasteiger partial charge in [0.2, 0.25) is 0 Å². The lowest BCUT2D eigenvalue weighted by Gasteiger charge is -2.26. The Balaban J connectivity index is 1.98. The first-order chi connectivity index (χ1) is 11.3. The van der Waals surface area contributed by atoms with Gasteiger partial charge in [-0.05, 0) is 11.6 Å². The maximum Gasteiger partial charge on any atom is 0.270 e. The number of H-pyrrole nitrogens is 1. The van der Waals surface area contributed by atoms with Crippen LogP contribution in [-0.4, -0.2) is 36.0 Å². The zero-order valence-corrected chi connectivity index (χ0v) is 13.0. The van der Waals surface area contributed by atoms with Crippen molar-refractivity contribution in [3.05, 3.63) is 71.4 Å². The van der Waals surface area contributed by atoms with E-state index in [4.69, 9.17) is 4.74 Å². The molecular weight excluding hydrogens is 288 g/mol. The first-order valence-corrected chi connectivity index (χ1v) is 7.78. The summed E-state index contributed by atoms with van der Waals surface area (Å²) in [5, 5.41) is 1.04. The van der Waals surface area contributed by atoms with Gasteiger partial charge in [0.1, 0.15) is 11.8 Å². The molecule has 1 aromatic heterocycles. The quantitative estimate of drug-likeness (QED) is 0.749. The Hall–Kier alpha value is -2.59. The van der Waals surface area contributed by atoms with Crippen LogP contribution in [0.3, 0.4) is 0 Å². The summed E-state index contributed by atoms with van der Waals surface area (Å²) in [6.45, 7) is 1.09. The Morgan fingerprint density at radius 2 is 1.83 bits per heavy atom. The fourth-order valence-corrected chi connectivity index (χ4v) is 3.18. The van der Waals surface area contributed by atoms with Gasteiger partial charge in [-0.1, -0.05) is 48.5 Å². The van der Waals surface area contributed by atoms with Crippen LogP contribution in [0.15, 0.2) is 54.6 Å². The lowest BCUT2D eigenvalue weighted by molar-refractivity contribution is 0.0467. The molecule has 1 N–H and O–H groups in total. The summed E-state index contributed by atoms with van der Waals surface area (Å²) in [4.78, 5) is 17.8. The highest BCUT2D eigenvalue weighted by Gasteiger charge is 2.29. The standard InChI is InChI=1S/C19H18N2O2/c1-21-11-12-23-18(13-7-3-2-4-8-13)16-14-9-5-6-10-15(14)20-17(16)19(21)22/h2-10,18,20H,11-12H2,1H3. The molecule has 0 fully saturated rings. The summed E-state index contributed by atoms with van der Waals surface area (Å²) >= 11 is 0. The fraction of sp³-hybridized carbons (Fsp3) is 0.211. The third-order valence-corrected chi connectivity index (χ3v) is 4.38. The largest absolute Gasteiger partial charge is 0.367 e. The van der Waals surface area contributed by atoms with Crippen molar-refractivity contribution in [2.75, 3.05) is 20.2 Å². The highest BCUT2D eigenvalue weighted by molar-refractivity contribution is 6.01. The number of benzene rings is 2. The van der Waals surface area contributed by atoms with Crippen LogP contribution >= 0.6 is 0 Å². The fourth-order valence-electron chi connectivity index (χ4n) is 3.18. The van der Waals surface area contributed by atoms with E-state index in [1.165, 1.54) is 0 Å². The van der Waals surface area contributed by atoms with Crippen LogP contribution in [0.1, 0.15) is 27.7 Å². The van der Waals surface area contributed by atoms with Gasteiger partial charge < -0.3 is 14.6 Å². The van der Waals surface area contributed by atoms with Gasteiger partial charge in [-0.15, -0.1) is 0 Å². The molecule has 4 nitrogen and oxygen atoms in total. The molecule has 0 saturated heterocycles. The molecule has 3 aromatic rings. The number of aromatic amines is 1. The van der Waals surface area contributed by atoms with Gasteiger partial charge in [0.25, 0.3) is 5.91 Å². The highest BCUT2D eigenvalue weighted by atomic mass is 16.5. The maximum atomic E-state index is 12.8. The van der Waals surface area contributed by atoms with Crippen molar-refractivity contribution in [1.29, 1.82) is 0 Å². The van der Waals surface area contributed by atoms with E-state index in [-0.39, 0.29) is 12.0 Å². The van der Waals surface area contributed by atoms with Crippen LogP contribution in [-0.2, 0) is 4.74 Å². The molecule has 4 heteroatoms. The number of aromatic nitrogens is 1. The number of para-hydroxylation sites is 1. The second-order valence-electron chi connectivity index (χ2n) is 5.85. The van der Waals surface area contributed by atoms with E-state index in [0.29, 0.717) is 18.8 Å². The van der Waals surface area contributed by atoms with Gasteiger partial charge in [-0.2, -0.15) is 0 Å². The number of hydrogen-bond donors (Lipinski definition) is 1. The van der Waals surface area contributed by atoms with Gasteiger partial charge in [0, 0.05) is 30.1 Å². The molecule has 1 amide bonds. The number of hydrogen-bond acceptors (Lipinski definition) is 2. The molecule has 116 valence electrons. The molecule has 1 aliphatic rings. The van der Waals surface area contributed by atoms with Gasteiger partial charge in [-0.3, -0.25) is 4.79 Å². The summed E-state index contributed by atoms with van der Waals surface area (Å²) in [5.41, 5.74) is 3.59. The van der Waals surface area contributed by atoms with Crippen LogP contribution in [0.4, 0.5) is 0 Å². The molecule has 0 aliphatic carbocycles. The Morgan fingerprint density at radius 3 is 2.65 bits per heavy atom. The molecule has 23 heavy (non-hydrogen) atoms. The van der Waals surface area contributed by atoms with Crippen LogP contribution in [0.25, 0.3) is 10.9 Å². The minimum absolute atomic E-state index is 0.0143. The molecule has 0 bridgehead atoms. The predicted molar refractivity (Wildman–Crippen MR) is 89.5 cm³/mol. The summed E-state index contributed by atoms with van der Waals surface area (Å²) in [6.07, 6.45) is -0.236. The van der Waals surface area contributed by atoms with E-state index < -0.39 is 0 Å². The summed E-state index contributed by atoms with van der Waals surface area (Å²) < 4.78 is 6.17. The molecule has 1 atom stereocenters. The van der Waals surface area contributed by atoms with E-state index >= 15 is 0 Å². The number of likely N-dealkylation sites (N-methyl/N-ethyl adjacent to an activating group) is 1. The molecule has 0 radical (unpaired) electrons. The number of fused-ring (bicyclic) bond motifs is 3. The number of nitrogens with zero attached hydrogens (tertiary/aromatic N) is 1. The highest BCUT2D eigenvalue weighted by Crippen LogP contribution is 2.36. The number of ether oxygens (including phenoxy) is 1. The smallest absolute Gasteiger partial charge is 0.270 e. The minimum atomic E-state index is -0.236. The number of rotatable bonds is 1. The van der Waals surface area contributed by atoms with Crippen molar-refractivity contribution < 1.29 is 9.53 Å². The van der Waals surface area contributed by atoms with E-state index in [0.717, 1.165) is 22.0 Å².